The van der Waals surface area contributed by atoms with Crippen LogP contribution < -0.4 is 11.1 Å². The van der Waals surface area contributed by atoms with Crippen molar-refractivity contribution < 1.29 is 4.79 Å². The summed E-state index contributed by atoms with van der Waals surface area (Å²) in [6, 6.07) is 0.311. The predicted molar refractivity (Wildman–Crippen MR) is 65.9 cm³/mol. The van der Waals surface area contributed by atoms with Gasteiger partial charge in [0.25, 0.3) is 0 Å². The molecule has 3 atom stereocenters. The highest BCUT2D eigenvalue weighted by Gasteiger charge is 2.26. The van der Waals surface area contributed by atoms with Crippen molar-refractivity contribution in [3.63, 3.8) is 0 Å². The summed E-state index contributed by atoms with van der Waals surface area (Å²) in [6.07, 6.45) is 6.69. The number of hydrogen-bond acceptors (Lipinski definition) is 3. The van der Waals surface area contributed by atoms with Crippen LogP contribution in [0.25, 0.3) is 0 Å². The van der Waals surface area contributed by atoms with Crippen molar-refractivity contribution in [3.05, 3.63) is 0 Å². The summed E-state index contributed by atoms with van der Waals surface area (Å²) in [5, 5.41) is 3.18. The van der Waals surface area contributed by atoms with Gasteiger partial charge in [0, 0.05) is 6.04 Å². The van der Waals surface area contributed by atoms with Gasteiger partial charge in [0.15, 0.2) is 0 Å². The quantitative estimate of drug-likeness (QED) is 0.767. The molecule has 0 bridgehead atoms. The molecule has 4 heteroatoms. The number of nitrogens with one attached hydrogen (secondary N) is 1. The van der Waals surface area contributed by atoms with Crippen LogP contribution >= 0.6 is 11.8 Å². The second-order valence-electron chi connectivity index (χ2n) is 4.27. The average molecular weight is 230 g/mol. The van der Waals surface area contributed by atoms with Crippen LogP contribution in [0.15, 0.2) is 0 Å². The van der Waals surface area contributed by atoms with Crippen LogP contribution in [-0.2, 0) is 4.79 Å². The molecule has 0 aromatic heterocycles. The first-order chi connectivity index (χ1) is 7.19. The van der Waals surface area contributed by atoms with Crippen molar-refractivity contribution in [1.29, 1.82) is 0 Å². The lowest BCUT2D eigenvalue weighted by Crippen LogP contribution is -2.47. The maximum absolute atomic E-state index is 11.7. The van der Waals surface area contributed by atoms with Gasteiger partial charge in [-0.25, -0.2) is 0 Å². The molecule has 1 rings (SSSR count). The summed E-state index contributed by atoms with van der Waals surface area (Å²) in [5.41, 5.74) is 5.72. The summed E-state index contributed by atoms with van der Waals surface area (Å²) in [4.78, 5) is 11.7. The minimum absolute atomic E-state index is 0.0466. The molecule has 1 amide bonds. The normalized spacial score (nSPS) is 28.5. The molecule has 1 fully saturated rings. The molecule has 0 aromatic carbocycles. The van der Waals surface area contributed by atoms with Gasteiger partial charge in [-0.15, -0.1) is 0 Å². The van der Waals surface area contributed by atoms with Gasteiger partial charge in [-0.1, -0.05) is 12.8 Å². The van der Waals surface area contributed by atoms with Crippen molar-refractivity contribution in [2.45, 2.75) is 43.9 Å². The Morgan fingerprint density at radius 1 is 1.53 bits per heavy atom. The summed E-state index contributed by atoms with van der Waals surface area (Å²) in [7, 11) is 0. The van der Waals surface area contributed by atoms with E-state index in [4.69, 9.17) is 5.73 Å². The number of nitrogens with two attached hydrogens (primary N) is 1. The molecule has 1 saturated carbocycles. The van der Waals surface area contributed by atoms with Gasteiger partial charge in [-0.3, -0.25) is 4.79 Å². The first-order valence-corrected chi connectivity index (χ1v) is 7.01. The topological polar surface area (TPSA) is 55.1 Å². The molecule has 0 aromatic rings. The number of carbonyl (C=O) groups is 1. The second kappa shape index (κ2) is 6.38. The van der Waals surface area contributed by atoms with E-state index >= 15 is 0 Å². The first kappa shape index (κ1) is 12.8. The molecule has 3 unspecified atom stereocenters. The van der Waals surface area contributed by atoms with Gasteiger partial charge in [-0.05, 0) is 38.5 Å². The molecule has 3 N–H and O–H groups in total. The Balaban J connectivity index is 2.44. The fourth-order valence-corrected chi connectivity index (χ4v) is 2.37. The predicted octanol–water partition coefficient (Wildman–Crippen LogP) is 1.37. The van der Waals surface area contributed by atoms with Crippen LogP contribution in [0.4, 0.5) is 0 Å². The monoisotopic (exact) mass is 230 g/mol. The molecule has 0 spiro atoms. The van der Waals surface area contributed by atoms with E-state index in [1.54, 1.807) is 11.8 Å². The molecule has 15 heavy (non-hydrogen) atoms. The summed E-state index contributed by atoms with van der Waals surface area (Å²) in [6.45, 7) is 2.64. The Kier molecular flexibility index (Phi) is 5.47. The lowest BCUT2D eigenvalue weighted by molar-refractivity contribution is -0.121. The fourth-order valence-electron chi connectivity index (χ4n) is 2.09. The largest absolute Gasteiger partial charge is 0.352 e. The number of rotatable bonds is 4. The van der Waals surface area contributed by atoms with Crippen LogP contribution in [-0.4, -0.2) is 30.0 Å². The molecule has 0 radical (unpaired) electrons. The number of carbonyl (C=O) groups excluding carboxylic acids is 1. The van der Waals surface area contributed by atoms with Crippen LogP contribution in [0, 0.1) is 5.92 Å². The summed E-state index contributed by atoms with van der Waals surface area (Å²) < 4.78 is 0. The third-order valence-electron chi connectivity index (χ3n) is 3.26. The van der Waals surface area contributed by atoms with E-state index < -0.39 is 0 Å². The van der Waals surface area contributed by atoms with E-state index in [0.29, 0.717) is 18.5 Å². The Hall–Kier alpha value is -0.220. The third kappa shape index (κ3) is 3.68. The van der Waals surface area contributed by atoms with E-state index in [1.807, 2.05) is 13.2 Å². The van der Waals surface area contributed by atoms with Crippen molar-refractivity contribution in [2.24, 2.45) is 11.7 Å². The van der Waals surface area contributed by atoms with Crippen molar-refractivity contribution >= 4 is 17.7 Å². The summed E-state index contributed by atoms with van der Waals surface area (Å²) >= 11 is 1.59. The van der Waals surface area contributed by atoms with E-state index in [9.17, 15) is 4.79 Å². The molecule has 3 nitrogen and oxygen atoms in total. The molecule has 0 heterocycles. The zero-order chi connectivity index (χ0) is 11.3. The zero-order valence-electron chi connectivity index (χ0n) is 9.66. The highest BCUT2D eigenvalue weighted by Crippen LogP contribution is 2.23. The number of thioether (sulfide) groups is 1. The van der Waals surface area contributed by atoms with E-state index in [2.05, 4.69) is 5.32 Å². The van der Waals surface area contributed by atoms with Gasteiger partial charge in [0.05, 0.1) is 5.25 Å². The highest BCUT2D eigenvalue weighted by molar-refractivity contribution is 7.99. The van der Waals surface area contributed by atoms with Crippen molar-refractivity contribution in [1.82, 2.24) is 5.32 Å². The maximum atomic E-state index is 11.7. The van der Waals surface area contributed by atoms with Crippen LogP contribution in [0.1, 0.15) is 32.6 Å². The SMILES string of the molecule is CSC(C)C(=O)NC1CCCCC1CN. The standard InChI is InChI=1S/C11H22N2OS/c1-8(15-2)11(14)13-10-6-4-3-5-9(10)7-12/h8-10H,3-7,12H2,1-2H3,(H,13,14). The first-order valence-electron chi connectivity index (χ1n) is 5.72. The molecule has 1 aliphatic carbocycles. The molecule has 1 aliphatic rings. The fraction of sp³-hybridized carbons (Fsp3) is 0.909. The molecule has 0 saturated heterocycles. The molecular weight excluding hydrogens is 208 g/mol. The van der Waals surface area contributed by atoms with Crippen LogP contribution in [0.2, 0.25) is 0 Å². The molecule has 0 aliphatic heterocycles. The van der Waals surface area contributed by atoms with Crippen molar-refractivity contribution in [2.75, 3.05) is 12.8 Å². The molecular formula is C11H22N2OS. The van der Waals surface area contributed by atoms with Gasteiger partial charge in [0.2, 0.25) is 5.91 Å². The summed E-state index contributed by atoms with van der Waals surface area (Å²) in [5.74, 6) is 0.643. The van der Waals surface area contributed by atoms with E-state index in [0.717, 1.165) is 12.8 Å². The Bertz CT molecular complexity index is 211. The van der Waals surface area contributed by atoms with Crippen LogP contribution in [0.5, 0.6) is 0 Å². The Morgan fingerprint density at radius 2 is 2.20 bits per heavy atom. The van der Waals surface area contributed by atoms with Gasteiger partial charge < -0.3 is 11.1 Å². The highest BCUT2D eigenvalue weighted by atomic mass is 32.2. The number of amides is 1. The van der Waals surface area contributed by atoms with Gasteiger partial charge >= 0.3 is 0 Å². The number of hydrogen-bond donors (Lipinski definition) is 2. The minimum Gasteiger partial charge on any atom is -0.352 e. The van der Waals surface area contributed by atoms with Crippen LogP contribution in [0.3, 0.4) is 0 Å². The third-order valence-corrected chi connectivity index (χ3v) is 4.18. The second-order valence-corrected chi connectivity index (χ2v) is 5.45. The van der Waals surface area contributed by atoms with Crippen molar-refractivity contribution in [3.8, 4) is 0 Å². The van der Waals surface area contributed by atoms with Gasteiger partial charge in [-0.2, -0.15) is 11.8 Å². The zero-order valence-corrected chi connectivity index (χ0v) is 10.5. The molecule has 88 valence electrons. The lowest BCUT2D eigenvalue weighted by Gasteiger charge is -2.31. The smallest absolute Gasteiger partial charge is 0.233 e. The Morgan fingerprint density at radius 3 is 2.80 bits per heavy atom. The maximum Gasteiger partial charge on any atom is 0.233 e. The van der Waals surface area contributed by atoms with E-state index in [-0.39, 0.29) is 11.2 Å². The minimum atomic E-state index is 0.0466. The lowest BCUT2D eigenvalue weighted by atomic mass is 9.84. The average Bonchev–Trinajstić information content (AvgIpc) is 2.28. The van der Waals surface area contributed by atoms with E-state index in [1.165, 1.54) is 12.8 Å². The van der Waals surface area contributed by atoms with Gasteiger partial charge in [0.1, 0.15) is 0 Å². The Labute approximate surface area is 96.6 Å².